The number of anilines is 1. The fourth-order valence-electron chi connectivity index (χ4n) is 2.13. The second-order valence-electron chi connectivity index (χ2n) is 5.06. The highest BCUT2D eigenvalue weighted by Gasteiger charge is 2.17. The van der Waals surface area contributed by atoms with Gasteiger partial charge in [0.15, 0.2) is 11.6 Å². The van der Waals surface area contributed by atoms with E-state index in [-0.39, 0.29) is 11.5 Å². The first-order chi connectivity index (χ1) is 11.6. The maximum Gasteiger partial charge on any atom is 0.192 e. The topological polar surface area (TPSA) is 92.9 Å². The number of hydrogen-bond acceptors (Lipinski definition) is 6. The summed E-state index contributed by atoms with van der Waals surface area (Å²) in [6.07, 6.45) is 1.56. The highest BCUT2D eigenvalue weighted by molar-refractivity contribution is 6.18. The number of carbonyl (C=O) groups excluding carboxylic acids is 1. The van der Waals surface area contributed by atoms with Crippen LogP contribution < -0.4 is 5.32 Å². The van der Waals surface area contributed by atoms with Gasteiger partial charge in [0.05, 0.1) is 11.3 Å². The van der Waals surface area contributed by atoms with Crippen molar-refractivity contribution in [3.05, 3.63) is 66.6 Å². The Bertz CT molecular complexity index is 870. The molecule has 0 unspecified atom stereocenters. The number of aromatic nitrogens is 4. The highest BCUT2D eigenvalue weighted by Crippen LogP contribution is 2.18. The van der Waals surface area contributed by atoms with Gasteiger partial charge in [-0.15, -0.1) is 5.10 Å². The van der Waals surface area contributed by atoms with Gasteiger partial charge in [-0.2, -0.15) is 4.68 Å². The summed E-state index contributed by atoms with van der Waals surface area (Å²) in [5.41, 5.74) is 1.83. The summed E-state index contributed by atoms with van der Waals surface area (Å²) in [5, 5.41) is 23.9. The number of Topliss-reactive ketones (excluding diaryl/α,β-unsaturated/α-hetero) is 1. The number of allylic oxidation sites excluding steroid dienone is 1. The van der Waals surface area contributed by atoms with E-state index in [1.807, 2.05) is 30.3 Å². The zero-order valence-corrected chi connectivity index (χ0v) is 12.9. The molecule has 0 aliphatic heterocycles. The number of phenolic OH excluding ortho intramolecular Hbond substituents is 1. The van der Waals surface area contributed by atoms with E-state index in [1.54, 1.807) is 30.5 Å². The minimum Gasteiger partial charge on any atom is -0.508 e. The van der Waals surface area contributed by atoms with Crippen molar-refractivity contribution in [1.82, 2.24) is 20.2 Å². The van der Waals surface area contributed by atoms with E-state index >= 15 is 0 Å². The third-order valence-electron chi connectivity index (χ3n) is 3.34. The first kappa shape index (κ1) is 15.4. The summed E-state index contributed by atoms with van der Waals surface area (Å²) < 4.78 is 1.51. The molecule has 0 fully saturated rings. The molecule has 1 aromatic heterocycles. The van der Waals surface area contributed by atoms with Crippen molar-refractivity contribution in [2.45, 2.75) is 6.92 Å². The minimum absolute atomic E-state index is 0.171. The van der Waals surface area contributed by atoms with E-state index < -0.39 is 0 Å². The lowest BCUT2D eigenvalue weighted by Gasteiger charge is -2.07. The fourth-order valence-corrected chi connectivity index (χ4v) is 2.13. The number of benzene rings is 2. The van der Waals surface area contributed by atoms with Crippen LogP contribution in [0.15, 0.2) is 60.8 Å². The van der Waals surface area contributed by atoms with Crippen LogP contribution in [0.4, 0.5) is 5.69 Å². The smallest absolute Gasteiger partial charge is 0.192 e. The van der Waals surface area contributed by atoms with Crippen LogP contribution in [-0.2, 0) is 4.79 Å². The predicted octanol–water partition coefficient (Wildman–Crippen LogP) is 2.41. The van der Waals surface area contributed by atoms with Crippen molar-refractivity contribution < 1.29 is 9.90 Å². The van der Waals surface area contributed by atoms with Crippen molar-refractivity contribution in [3.63, 3.8) is 0 Å². The van der Waals surface area contributed by atoms with E-state index in [0.29, 0.717) is 11.4 Å². The molecule has 1 heterocycles. The van der Waals surface area contributed by atoms with Crippen LogP contribution in [0.2, 0.25) is 0 Å². The van der Waals surface area contributed by atoms with Crippen LogP contribution in [0.5, 0.6) is 5.75 Å². The van der Waals surface area contributed by atoms with Gasteiger partial charge in [0.25, 0.3) is 0 Å². The van der Waals surface area contributed by atoms with Crippen LogP contribution >= 0.6 is 0 Å². The van der Waals surface area contributed by atoms with Crippen LogP contribution in [0.25, 0.3) is 11.3 Å². The Morgan fingerprint density at radius 2 is 1.83 bits per heavy atom. The third-order valence-corrected chi connectivity index (χ3v) is 3.34. The predicted molar refractivity (Wildman–Crippen MR) is 89.5 cm³/mol. The number of hydrogen-bond donors (Lipinski definition) is 2. The number of para-hydroxylation sites is 1. The maximum absolute atomic E-state index is 12.0. The average molecular weight is 321 g/mol. The molecule has 0 aliphatic carbocycles. The number of aromatic hydroxyl groups is 1. The zero-order chi connectivity index (χ0) is 16.9. The van der Waals surface area contributed by atoms with E-state index in [2.05, 4.69) is 20.8 Å². The number of ketones is 1. The van der Waals surface area contributed by atoms with Gasteiger partial charge in [-0.05, 0) is 53.7 Å². The molecular weight excluding hydrogens is 306 g/mol. The Labute approximate surface area is 138 Å². The van der Waals surface area contributed by atoms with Crippen molar-refractivity contribution in [2.75, 3.05) is 5.32 Å². The van der Waals surface area contributed by atoms with Crippen molar-refractivity contribution in [2.24, 2.45) is 0 Å². The molecule has 7 nitrogen and oxygen atoms in total. The fraction of sp³-hybridized carbons (Fsp3) is 0.0588. The van der Waals surface area contributed by atoms with E-state index in [0.717, 1.165) is 11.4 Å². The number of nitrogens with zero attached hydrogens (tertiary/aromatic N) is 4. The molecule has 0 atom stereocenters. The SMILES string of the molecule is CC(=O)C(=CNc1ccc(O)cc1)c1nnnn1-c1ccccc1. The van der Waals surface area contributed by atoms with Crippen LogP contribution in [0.3, 0.4) is 0 Å². The molecule has 2 N–H and O–H groups in total. The molecular formula is C17H15N5O2. The second-order valence-corrected chi connectivity index (χ2v) is 5.06. The number of rotatable bonds is 5. The van der Waals surface area contributed by atoms with Gasteiger partial charge in [0.2, 0.25) is 0 Å². The van der Waals surface area contributed by atoms with Crippen molar-refractivity contribution in [3.8, 4) is 11.4 Å². The summed E-state index contributed by atoms with van der Waals surface area (Å²) in [5.74, 6) is 0.345. The van der Waals surface area contributed by atoms with E-state index in [1.165, 1.54) is 11.6 Å². The van der Waals surface area contributed by atoms with Crippen LogP contribution in [-0.4, -0.2) is 31.1 Å². The molecule has 0 amide bonds. The lowest BCUT2D eigenvalue weighted by atomic mass is 10.2. The number of carbonyl (C=O) groups is 1. The van der Waals surface area contributed by atoms with Gasteiger partial charge in [-0.25, -0.2) is 0 Å². The first-order valence-electron chi connectivity index (χ1n) is 7.26. The highest BCUT2D eigenvalue weighted by atomic mass is 16.3. The zero-order valence-electron chi connectivity index (χ0n) is 12.9. The van der Waals surface area contributed by atoms with Gasteiger partial charge in [0, 0.05) is 11.9 Å². The molecule has 0 bridgehead atoms. The average Bonchev–Trinajstić information content (AvgIpc) is 3.06. The summed E-state index contributed by atoms with van der Waals surface area (Å²) in [7, 11) is 0. The molecule has 3 rings (SSSR count). The molecule has 2 aromatic carbocycles. The molecule has 3 aromatic rings. The maximum atomic E-state index is 12.0. The molecule has 120 valence electrons. The molecule has 0 radical (unpaired) electrons. The molecule has 24 heavy (non-hydrogen) atoms. The second kappa shape index (κ2) is 6.74. The van der Waals surface area contributed by atoms with Gasteiger partial charge >= 0.3 is 0 Å². The summed E-state index contributed by atoms with van der Waals surface area (Å²) in [6, 6.07) is 15.8. The van der Waals surface area contributed by atoms with Gasteiger partial charge < -0.3 is 10.4 Å². The minimum atomic E-state index is -0.173. The lowest BCUT2D eigenvalue weighted by molar-refractivity contribution is -0.111. The van der Waals surface area contributed by atoms with Crippen molar-refractivity contribution in [1.29, 1.82) is 0 Å². The summed E-state index contributed by atoms with van der Waals surface area (Å²) in [4.78, 5) is 12.0. The Kier molecular flexibility index (Phi) is 4.33. The normalized spacial score (nSPS) is 11.3. The van der Waals surface area contributed by atoms with E-state index in [9.17, 15) is 9.90 Å². The molecule has 0 aliphatic rings. The molecule has 0 spiro atoms. The first-order valence-corrected chi connectivity index (χ1v) is 7.26. The van der Waals surface area contributed by atoms with Crippen LogP contribution in [0.1, 0.15) is 12.7 Å². The Balaban J connectivity index is 1.95. The number of nitrogens with one attached hydrogen (secondary N) is 1. The Morgan fingerprint density at radius 1 is 1.12 bits per heavy atom. The summed E-state index contributed by atoms with van der Waals surface area (Å²) >= 11 is 0. The molecule has 7 heteroatoms. The Hall–Kier alpha value is -3.48. The molecule has 0 saturated heterocycles. The Morgan fingerprint density at radius 3 is 2.50 bits per heavy atom. The number of tetrazole rings is 1. The lowest BCUT2D eigenvalue weighted by Crippen LogP contribution is -2.08. The largest absolute Gasteiger partial charge is 0.508 e. The van der Waals surface area contributed by atoms with E-state index in [4.69, 9.17) is 0 Å². The third kappa shape index (κ3) is 3.30. The monoisotopic (exact) mass is 321 g/mol. The quantitative estimate of drug-likeness (QED) is 0.554. The standard InChI is InChI=1S/C17H15N5O2/c1-12(23)16(11-18-13-7-9-15(24)10-8-13)17-19-20-21-22(17)14-5-3-2-4-6-14/h2-11,18,24H,1H3. The summed E-state index contributed by atoms with van der Waals surface area (Å²) in [6.45, 7) is 1.45. The number of phenols is 1. The van der Waals surface area contributed by atoms with Gasteiger partial charge in [-0.1, -0.05) is 18.2 Å². The van der Waals surface area contributed by atoms with Crippen molar-refractivity contribution >= 4 is 17.0 Å². The van der Waals surface area contributed by atoms with Gasteiger partial charge in [-0.3, -0.25) is 4.79 Å². The van der Waals surface area contributed by atoms with Gasteiger partial charge in [0.1, 0.15) is 5.75 Å². The molecule has 0 saturated carbocycles. The van der Waals surface area contributed by atoms with Crippen LogP contribution in [0, 0.1) is 0 Å².